The molecule has 1 aromatic rings. The van der Waals surface area contributed by atoms with Crippen molar-refractivity contribution in [3.8, 4) is 11.5 Å². The van der Waals surface area contributed by atoms with Crippen LogP contribution in [-0.4, -0.2) is 45.9 Å². The van der Waals surface area contributed by atoms with Crippen molar-refractivity contribution in [2.24, 2.45) is 0 Å². The van der Waals surface area contributed by atoms with E-state index in [1.165, 1.54) is 6.08 Å². The van der Waals surface area contributed by atoms with Gasteiger partial charge in [0.05, 0.1) is 23.3 Å². The fourth-order valence-corrected chi connectivity index (χ4v) is 3.01. The van der Waals surface area contributed by atoms with Crippen LogP contribution in [-0.2, 0) is 14.2 Å². The van der Waals surface area contributed by atoms with Crippen LogP contribution in [0.4, 0.5) is 0 Å². The SMILES string of the molecule is CCOC(COCCCCCOc1c(Cl)cc(OCC=C(Cl)Cl)cc1Cl)OCC. The first-order chi connectivity index (χ1) is 14.0. The van der Waals surface area contributed by atoms with Gasteiger partial charge in [-0.2, -0.15) is 0 Å². The predicted molar refractivity (Wildman–Crippen MR) is 119 cm³/mol. The molecule has 1 aromatic carbocycles. The molecule has 9 heteroatoms. The van der Waals surface area contributed by atoms with Crippen molar-refractivity contribution in [3.63, 3.8) is 0 Å². The van der Waals surface area contributed by atoms with Gasteiger partial charge in [-0.25, -0.2) is 0 Å². The molecule has 5 nitrogen and oxygen atoms in total. The smallest absolute Gasteiger partial charge is 0.180 e. The van der Waals surface area contributed by atoms with Gasteiger partial charge in [-0.05, 0) is 39.2 Å². The number of rotatable bonds is 16. The average Bonchev–Trinajstić information content (AvgIpc) is 2.65. The summed E-state index contributed by atoms with van der Waals surface area (Å²) in [5.41, 5.74) is 0. The number of hydrogen-bond acceptors (Lipinski definition) is 5. The van der Waals surface area contributed by atoms with Gasteiger partial charge in [0.25, 0.3) is 0 Å². The van der Waals surface area contributed by atoms with Crippen LogP contribution >= 0.6 is 46.4 Å². The van der Waals surface area contributed by atoms with Gasteiger partial charge in [0.2, 0.25) is 0 Å². The predicted octanol–water partition coefficient (Wildman–Crippen LogP) is 6.66. The van der Waals surface area contributed by atoms with Crippen LogP contribution in [0.3, 0.4) is 0 Å². The fourth-order valence-electron chi connectivity index (χ4n) is 2.31. The molecule has 0 aromatic heterocycles. The molecule has 0 aliphatic heterocycles. The number of hydrogen-bond donors (Lipinski definition) is 0. The van der Waals surface area contributed by atoms with Gasteiger partial charge in [0, 0.05) is 32.0 Å². The van der Waals surface area contributed by atoms with E-state index in [9.17, 15) is 0 Å². The van der Waals surface area contributed by atoms with Gasteiger partial charge in [0.15, 0.2) is 12.0 Å². The van der Waals surface area contributed by atoms with Gasteiger partial charge in [-0.3, -0.25) is 0 Å². The second-order valence-electron chi connectivity index (χ2n) is 5.85. The van der Waals surface area contributed by atoms with E-state index in [0.29, 0.717) is 54.6 Å². The lowest BCUT2D eigenvalue weighted by molar-refractivity contribution is -0.167. The first-order valence-corrected chi connectivity index (χ1v) is 11.1. The molecule has 0 saturated carbocycles. The molecule has 1 rings (SSSR count). The van der Waals surface area contributed by atoms with Crippen LogP contribution in [0.25, 0.3) is 0 Å². The van der Waals surface area contributed by atoms with Crippen molar-refractivity contribution in [1.29, 1.82) is 0 Å². The number of benzene rings is 1. The summed E-state index contributed by atoms with van der Waals surface area (Å²) in [6.07, 6.45) is 3.95. The number of halogens is 4. The largest absolute Gasteiger partial charge is 0.490 e. The maximum atomic E-state index is 6.24. The molecule has 0 spiro atoms. The normalized spacial score (nSPS) is 11.0. The minimum Gasteiger partial charge on any atom is -0.490 e. The van der Waals surface area contributed by atoms with Crippen molar-refractivity contribution in [1.82, 2.24) is 0 Å². The first-order valence-electron chi connectivity index (χ1n) is 9.54. The maximum absolute atomic E-state index is 6.24. The summed E-state index contributed by atoms with van der Waals surface area (Å²) in [6.45, 7) is 6.86. The molecule has 0 unspecified atom stereocenters. The van der Waals surface area contributed by atoms with Crippen molar-refractivity contribution < 1.29 is 23.7 Å². The number of ether oxygens (including phenoxy) is 5. The third-order valence-electron chi connectivity index (χ3n) is 3.60. The summed E-state index contributed by atoms with van der Waals surface area (Å²) in [5.74, 6) is 0.951. The van der Waals surface area contributed by atoms with E-state index in [1.807, 2.05) is 13.8 Å². The van der Waals surface area contributed by atoms with E-state index in [1.54, 1.807) is 12.1 Å². The quantitative estimate of drug-likeness (QED) is 0.192. The molecule has 0 atom stereocenters. The van der Waals surface area contributed by atoms with Crippen LogP contribution in [0.15, 0.2) is 22.7 Å². The second-order valence-corrected chi connectivity index (χ2v) is 7.67. The number of unbranched alkanes of at least 4 members (excludes halogenated alkanes) is 2. The van der Waals surface area contributed by atoms with Crippen molar-refractivity contribution >= 4 is 46.4 Å². The van der Waals surface area contributed by atoms with E-state index >= 15 is 0 Å². The Morgan fingerprint density at radius 3 is 2.14 bits per heavy atom. The molecule has 0 radical (unpaired) electrons. The highest BCUT2D eigenvalue weighted by Gasteiger charge is 2.11. The third-order valence-corrected chi connectivity index (χ3v) is 4.47. The van der Waals surface area contributed by atoms with Gasteiger partial charge in [-0.15, -0.1) is 0 Å². The minimum atomic E-state index is -0.299. The van der Waals surface area contributed by atoms with Crippen molar-refractivity contribution in [3.05, 3.63) is 32.7 Å². The molecular formula is C20H28Cl4O5. The summed E-state index contributed by atoms with van der Waals surface area (Å²) < 4.78 is 27.8. The van der Waals surface area contributed by atoms with E-state index in [-0.39, 0.29) is 17.4 Å². The molecule has 0 aliphatic rings. The fraction of sp³-hybridized carbons (Fsp3) is 0.600. The standard InChI is InChI=1S/C20H28Cl4O5/c1-3-26-19(27-4-2)14-25-9-6-5-7-10-29-20-16(21)12-15(13-17(20)22)28-11-8-18(23)24/h8,12-13,19H,3-7,9-11,14H2,1-2H3. The summed E-state index contributed by atoms with van der Waals surface area (Å²) in [5, 5.41) is 0.768. The molecular weight excluding hydrogens is 462 g/mol. The molecule has 0 amide bonds. The van der Waals surface area contributed by atoms with Crippen molar-refractivity contribution in [2.45, 2.75) is 39.4 Å². The molecule has 166 valence electrons. The topological polar surface area (TPSA) is 46.2 Å². The van der Waals surface area contributed by atoms with E-state index in [2.05, 4.69) is 0 Å². The molecule has 29 heavy (non-hydrogen) atoms. The highest BCUT2D eigenvalue weighted by atomic mass is 35.5. The third kappa shape index (κ3) is 12.1. The Morgan fingerprint density at radius 2 is 1.55 bits per heavy atom. The molecule has 0 heterocycles. The monoisotopic (exact) mass is 488 g/mol. The Morgan fingerprint density at radius 1 is 0.931 bits per heavy atom. The highest BCUT2D eigenvalue weighted by Crippen LogP contribution is 2.37. The molecule has 0 aliphatic carbocycles. The van der Waals surface area contributed by atoms with Gasteiger partial charge >= 0.3 is 0 Å². The van der Waals surface area contributed by atoms with E-state index in [4.69, 9.17) is 70.1 Å². The first kappa shape index (κ1) is 26.6. The minimum absolute atomic E-state index is 0.135. The van der Waals surface area contributed by atoms with Crippen LogP contribution in [0, 0.1) is 0 Å². The average molecular weight is 490 g/mol. The van der Waals surface area contributed by atoms with Gasteiger partial charge in [-0.1, -0.05) is 46.4 Å². The van der Waals surface area contributed by atoms with Crippen LogP contribution < -0.4 is 9.47 Å². The summed E-state index contributed by atoms with van der Waals surface area (Å²) in [4.78, 5) is 0. The van der Waals surface area contributed by atoms with Crippen LogP contribution in [0.5, 0.6) is 11.5 Å². The zero-order valence-corrected chi connectivity index (χ0v) is 19.8. The molecule has 0 N–H and O–H groups in total. The van der Waals surface area contributed by atoms with E-state index in [0.717, 1.165) is 19.3 Å². The van der Waals surface area contributed by atoms with Gasteiger partial charge < -0.3 is 23.7 Å². The van der Waals surface area contributed by atoms with Crippen molar-refractivity contribution in [2.75, 3.05) is 39.6 Å². The Labute approximate surface area is 193 Å². The Balaban J connectivity index is 2.25. The van der Waals surface area contributed by atoms with E-state index < -0.39 is 0 Å². The molecule has 0 bridgehead atoms. The maximum Gasteiger partial charge on any atom is 0.180 e. The lowest BCUT2D eigenvalue weighted by atomic mass is 10.2. The summed E-state index contributed by atoms with van der Waals surface area (Å²) >= 11 is 23.6. The van der Waals surface area contributed by atoms with Crippen LogP contribution in [0.1, 0.15) is 33.1 Å². The van der Waals surface area contributed by atoms with Crippen LogP contribution in [0.2, 0.25) is 10.0 Å². The Kier molecular flexibility index (Phi) is 15.0. The Bertz CT molecular complexity index is 580. The van der Waals surface area contributed by atoms with Gasteiger partial charge in [0.1, 0.15) is 16.8 Å². The lowest BCUT2D eigenvalue weighted by Crippen LogP contribution is -2.23. The second kappa shape index (κ2) is 16.3. The zero-order chi connectivity index (χ0) is 21.5. The Hall–Kier alpha value is -0.400. The zero-order valence-electron chi connectivity index (χ0n) is 16.7. The highest BCUT2D eigenvalue weighted by molar-refractivity contribution is 6.55. The summed E-state index contributed by atoms with van der Waals surface area (Å²) in [7, 11) is 0. The molecule has 0 saturated heterocycles. The molecule has 0 fully saturated rings. The summed E-state index contributed by atoms with van der Waals surface area (Å²) in [6, 6.07) is 3.28. The lowest BCUT2D eigenvalue weighted by Gasteiger charge is -2.16.